The van der Waals surface area contributed by atoms with E-state index >= 15 is 0 Å². The first-order valence-electron chi connectivity index (χ1n) is 10.7. The summed E-state index contributed by atoms with van der Waals surface area (Å²) in [5, 5.41) is 0.276. The molecule has 0 atom stereocenters. The Balaban J connectivity index is 1.68. The summed E-state index contributed by atoms with van der Waals surface area (Å²) in [4.78, 5) is 29.7. The van der Waals surface area contributed by atoms with Crippen LogP contribution >= 0.6 is 23.4 Å². The second-order valence-electron chi connectivity index (χ2n) is 8.81. The normalized spacial score (nSPS) is 18.9. The summed E-state index contributed by atoms with van der Waals surface area (Å²) in [6, 6.07) is 11.6. The van der Waals surface area contributed by atoms with Crippen molar-refractivity contribution in [2.75, 3.05) is 11.4 Å². The molecular weight excluding hydrogens is 440 g/mol. The first kappa shape index (κ1) is 22.7. The Hall–Kier alpha value is -2.50. The van der Waals surface area contributed by atoms with Crippen molar-refractivity contribution in [3.8, 4) is 0 Å². The fraction of sp³-hybridized carbons (Fsp3) is 0.308. The number of carbonyl (C=O) groups excluding carboxylic acids is 2. The van der Waals surface area contributed by atoms with Crippen LogP contribution in [0.15, 0.2) is 47.4 Å². The van der Waals surface area contributed by atoms with Crippen molar-refractivity contribution in [1.82, 2.24) is 4.90 Å². The number of imide groups is 1. The van der Waals surface area contributed by atoms with Crippen LogP contribution in [0.1, 0.15) is 49.9 Å². The lowest BCUT2D eigenvalue weighted by Crippen LogP contribution is -2.44. The molecule has 1 saturated heterocycles. The Kier molecular flexibility index (Phi) is 5.99. The molecule has 2 amide bonds. The number of carbonyl (C=O) groups is 2. The Morgan fingerprint density at radius 2 is 1.84 bits per heavy atom. The third-order valence-corrected chi connectivity index (χ3v) is 7.40. The number of fused-ring (bicyclic) bond motifs is 1. The molecular formula is C26H27ClN2O2S. The molecule has 0 unspecified atom stereocenters. The molecule has 0 spiro atoms. The van der Waals surface area contributed by atoms with Gasteiger partial charge in [0.2, 0.25) is 0 Å². The van der Waals surface area contributed by atoms with E-state index in [2.05, 4.69) is 57.7 Å². The minimum absolute atomic E-state index is 0.0544. The van der Waals surface area contributed by atoms with Gasteiger partial charge in [0.1, 0.15) is 0 Å². The number of thioether (sulfide) groups is 1. The number of likely N-dealkylation sites (N-methyl/N-ethyl adjacent to an activating group) is 1. The van der Waals surface area contributed by atoms with E-state index in [0.29, 0.717) is 9.93 Å². The van der Waals surface area contributed by atoms with Crippen LogP contribution in [0.5, 0.6) is 0 Å². The summed E-state index contributed by atoms with van der Waals surface area (Å²) in [6.45, 7) is 11.9. The summed E-state index contributed by atoms with van der Waals surface area (Å²) < 4.78 is 0. The van der Waals surface area contributed by atoms with E-state index in [1.807, 2.05) is 24.3 Å². The summed E-state index contributed by atoms with van der Waals surface area (Å²) in [6.07, 6.45) is 4.13. The largest absolute Gasteiger partial charge is 0.363 e. The van der Waals surface area contributed by atoms with Gasteiger partial charge in [0.05, 0.1) is 17.0 Å². The Morgan fingerprint density at radius 1 is 1.12 bits per heavy atom. The first-order chi connectivity index (χ1) is 15.1. The molecule has 0 bridgehead atoms. The van der Waals surface area contributed by atoms with Gasteiger partial charge < -0.3 is 4.90 Å². The Morgan fingerprint density at radius 3 is 2.53 bits per heavy atom. The van der Waals surface area contributed by atoms with Gasteiger partial charge in [0.15, 0.2) is 0 Å². The molecule has 0 aliphatic carbocycles. The molecule has 2 aromatic carbocycles. The fourth-order valence-corrected chi connectivity index (χ4v) is 5.58. The molecule has 2 aromatic rings. The van der Waals surface area contributed by atoms with Crippen molar-refractivity contribution >= 4 is 51.8 Å². The topological polar surface area (TPSA) is 40.6 Å². The van der Waals surface area contributed by atoms with Crippen molar-refractivity contribution in [2.45, 2.75) is 46.7 Å². The molecule has 166 valence electrons. The predicted octanol–water partition coefficient (Wildman–Crippen LogP) is 6.91. The van der Waals surface area contributed by atoms with Gasteiger partial charge in [-0.25, -0.2) is 0 Å². The van der Waals surface area contributed by atoms with Crippen LogP contribution in [0.4, 0.5) is 10.5 Å². The molecule has 2 aliphatic rings. The molecule has 0 radical (unpaired) electrons. The average molecular weight is 467 g/mol. The van der Waals surface area contributed by atoms with Gasteiger partial charge in [-0.15, -0.1) is 0 Å². The molecule has 32 heavy (non-hydrogen) atoms. The summed E-state index contributed by atoms with van der Waals surface area (Å²) in [5.41, 5.74) is 6.32. The molecule has 1 fully saturated rings. The number of hydrogen-bond donors (Lipinski definition) is 0. The number of amides is 2. The molecule has 6 heteroatoms. The van der Waals surface area contributed by atoms with E-state index in [4.69, 9.17) is 11.6 Å². The zero-order valence-electron chi connectivity index (χ0n) is 19.0. The van der Waals surface area contributed by atoms with Gasteiger partial charge in [-0.3, -0.25) is 14.5 Å². The third kappa shape index (κ3) is 4.00. The van der Waals surface area contributed by atoms with Gasteiger partial charge in [-0.2, -0.15) is 0 Å². The number of benzene rings is 2. The van der Waals surface area contributed by atoms with E-state index in [9.17, 15) is 9.59 Å². The number of anilines is 1. The molecule has 4 rings (SSSR count). The van der Waals surface area contributed by atoms with Crippen molar-refractivity contribution in [3.05, 3.63) is 74.7 Å². The van der Waals surface area contributed by atoms with Crippen LogP contribution in [0.2, 0.25) is 5.02 Å². The summed E-state index contributed by atoms with van der Waals surface area (Å²) in [5.74, 6) is -0.277. The van der Waals surface area contributed by atoms with Crippen molar-refractivity contribution in [2.24, 2.45) is 0 Å². The second kappa shape index (κ2) is 8.45. The van der Waals surface area contributed by atoms with Crippen molar-refractivity contribution in [3.63, 3.8) is 0 Å². The van der Waals surface area contributed by atoms with E-state index in [1.165, 1.54) is 21.7 Å². The van der Waals surface area contributed by atoms with Gasteiger partial charge in [-0.05, 0) is 92.9 Å². The van der Waals surface area contributed by atoms with Gasteiger partial charge >= 0.3 is 0 Å². The SMILES string of the molecule is CCN1c2cc(C)c(/C=C3/SC(=O)N(Cc4ccccc4Cl)C3=O)cc2C(C)=CC1(C)C. The smallest absolute Gasteiger partial charge is 0.293 e. The fourth-order valence-electron chi connectivity index (χ4n) is 4.55. The average Bonchev–Trinajstić information content (AvgIpc) is 2.98. The Labute approximate surface area is 198 Å². The van der Waals surface area contributed by atoms with Crippen LogP contribution in [0.25, 0.3) is 11.6 Å². The number of hydrogen-bond acceptors (Lipinski definition) is 4. The highest BCUT2D eigenvalue weighted by Gasteiger charge is 2.36. The lowest BCUT2D eigenvalue weighted by molar-refractivity contribution is -0.123. The quantitative estimate of drug-likeness (QED) is 0.459. The summed E-state index contributed by atoms with van der Waals surface area (Å²) in [7, 11) is 0. The standard InChI is InChI=1S/C26H27ClN2O2S/c1-6-29-22-11-16(2)19(12-20(22)17(3)14-26(29,4)5)13-23-24(30)28(25(31)32-23)15-18-9-7-8-10-21(18)27/h7-14H,6,15H2,1-5H3/b23-13+. The van der Waals surface area contributed by atoms with Crippen molar-refractivity contribution < 1.29 is 9.59 Å². The maximum absolute atomic E-state index is 13.0. The predicted molar refractivity (Wildman–Crippen MR) is 135 cm³/mol. The zero-order chi connectivity index (χ0) is 23.2. The zero-order valence-corrected chi connectivity index (χ0v) is 20.6. The highest BCUT2D eigenvalue weighted by Crippen LogP contribution is 2.41. The van der Waals surface area contributed by atoms with Gasteiger partial charge in [-0.1, -0.05) is 35.9 Å². The summed E-state index contributed by atoms with van der Waals surface area (Å²) >= 11 is 7.21. The number of nitrogens with zero attached hydrogens (tertiary/aromatic N) is 2. The highest BCUT2D eigenvalue weighted by atomic mass is 35.5. The van der Waals surface area contributed by atoms with Crippen LogP contribution < -0.4 is 4.90 Å². The van der Waals surface area contributed by atoms with E-state index in [1.54, 1.807) is 6.07 Å². The van der Waals surface area contributed by atoms with Gasteiger partial charge in [0, 0.05) is 22.8 Å². The van der Waals surface area contributed by atoms with Crippen LogP contribution in [-0.2, 0) is 11.3 Å². The Bertz CT molecular complexity index is 1180. The van der Waals surface area contributed by atoms with E-state index in [0.717, 1.165) is 35.0 Å². The minimum Gasteiger partial charge on any atom is -0.363 e. The minimum atomic E-state index is -0.277. The van der Waals surface area contributed by atoms with Crippen molar-refractivity contribution in [1.29, 1.82) is 0 Å². The third-order valence-electron chi connectivity index (χ3n) is 6.13. The lowest BCUT2D eigenvalue weighted by atomic mass is 9.87. The van der Waals surface area contributed by atoms with Crippen LogP contribution in [-0.4, -0.2) is 28.1 Å². The highest BCUT2D eigenvalue weighted by molar-refractivity contribution is 8.18. The maximum Gasteiger partial charge on any atom is 0.293 e. The number of halogens is 1. The van der Waals surface area contributed by atoms with Gasteiger partial charge in [0.25, 0.3) is 11.1 Å². The number of aryl methyl sites for hydroxylation is 1. The van der Waals surface area contributed by atoms with Crippen LogP contribution in [0.3, 0.4) is 0 Å². The van der Waals surface area contributed by atoms with E-state index in [-0.39, 0.29) is 23.2 Å². The maximum atomic E-state index is 13.0. The van der Waals surface area contributed by atoms with E-state index < -0.39 is 0 Å². The second-order valence-corrected chi connectivity index (χ2v) is 10.2. The lowest BCUT2D eigenvalue weighted by Gasteiger charge is -2.43. The number of rotatable bonds is 4. The molecule has 2 heterocycles. The molecule has 0 aromatic heterocycles. The molecule has 0 N–H and O–H groups in total. The monoisotopic (exact) mass is 466 g/mol. The molecule has 4 nitrogen and oxygen atoms in total. The number of allylic oxidation sites excluding steroid dienone is 1. The molecule has 0 saturated carbocycles. The first-order valence-corrected chi connectivity index (χ1v) is 11.9. The van der Waals surface area contributed by atoms with Crippen LogP contribution in [0, 0.1) is 6.92 Å². The molecule has 2 aliphatic heterocycles.